The summed E-state index contributed by atoms with van der Waals surface area (Å²) < 4.78 is 15.8. The summed E-state index contributed by atoms with van der Waals surface area (Å²) in [5, 5.41) is 9.03. The molecule has 0 N–H and O–H groups in total. The number of methoxy groups -OCH3 is 1. The maximum absolute atomic E-state index is 11.9. The van der Waals surface area contributed by atoms with Crippen LogP contribution in [0.1, 0.15) is 19.4 Å². The largest absolute Gasteiger partial charge is 0.490 e. The van der Waals surface area contributed by atoms with Crippen molar-refractivity contribution in [2.24, 2.45) is 0 Å². The van der Waals surface area contributed by atoms with Crippen LogP contribution in [0.3, 0.4) is 0 Å². The topological polar surface area (TPSA) is 88.9 Å². The number of esters is 1. The van der Waals surface area contributed by atoms with E-state index in [4.69, 9.17) is 14.7 Å². The molecule has 0 heterocycles. The van der Waals surface area contributed by atoms with Crippen molar-refractivity contribution in [2.75, 3.05) is 27.8 Å². The molecule has 0 aliphatic carbocycles. The highest BCUT2D eigenvalue weighted by Gasteiger charge is 2.19. The Morgan fingerprint density at radius 3 is 2.52 bits per heavy atom. The first-order valence-corrected chi connectivity index (χ1v) is 7.68. The van der Waals surface area contributed by atoms with Gasteiger partial charge < -0.3 is 19.1 Å². The molecule has 0 fully saturated rings. The zero-order chi connectivity index (χ0) is 19.0. The summed E-state index contributed by atoms with van der Waals surface area (Å²) in [6.07, 6.45) is 0.715. The van der Waals surface area contributed by atoms with Crippen LogP contribution in [0.25, 0.3) is 6.08 Å². The maximum atomic E-state index is 11.9. The minimum Gasteiger partial charge on any atom is -0.490 e. The normalized spacial score (nSPS) is 11.9. The average molecular weight is 346 g/mol. The number of hydrogen-bond acceptors (Lipinski definition) is 6. The fourth-order valence-corrected chi connectivity index (χ4v) is 2.00. The van der Waals surface area contributed by atoms with E-state index in [0.29, 0.717) is 23.7 Å². The quantitative estimate of drug-likeness (QED) is 0.426. The van der Waals surface area contributed by atoms with E-state index in [0.717, 1.165) is 0 Å². The summed E-state index contributed by atoms with van der Waals surface area (Å²) in [5.74, 6) is -0.0787. The smallest absolute Gasteiger partial charge is 0.348 e. The highest BCUT2D eigenvalue weighted by atomic mass is 16.5. The van der Waals surface area contributed by atoms with E-state index in [1.54, 1.807) is 45.3 Å². The lowest BCUT2D eigenvalue weighted by atomic mass is 10.1. The fourth-order valence-electron chi connectivity index (χ4n) is 2.00. The molecule has 0 bridgehead atoms. The Kier molecular flexibility index (Phi) is 7.47. The van der Waals surface area contributed by atoms with Crippen LogP contribution in [0.15, 0.2) is 23.8 Å². The third-order valence-electron chi connectivity index (χ3n) is 3.20. The monoisotopic (exact) mass is 346 g/mol. The molecule has 134 valence electrons. The summed E-state index contributed by atoms with van der Waals surface area (Å²) in [6.45, 7) is 3.86. The number of nitrogens with zero attached hydrogens (tertiary/aromatic N) is 2. The number of likely N-dealkylation sites (N-methyl/N-ethyl adjacent to an activating group) is 1. The van der Waals surface area contributed by atoms with Gasteiger partial charge in [-0.05, 0) is 37.6 Å². The summed E-state index contributed by atoms with van der Waals surface area (Å²) in [6, 6.07) is 6.71. The number of carbonyl (C=O) groups is 2. The lowest BCUT2D eigenvalue weighted by molar-refractivity contribution is -0.136. The van der Waals surface area contributed by atoms with Gasteiger partial charge in [0.05, 0.1) is 13.7 Å². The lowest BCUT2D eigenvalue weighted by Gasteiger charge is -2.20. The number of benzene rings is 1. The van der Waals surface area contributed by atoms with Gasteiger partial charge in [0.2, 0.25) is 0 Å². The van der Waals surface area contributed by atoms with Crippen molar-refractivity contribution in [1.82, 2.24) is 4.90 Å². The molecule has 1 atom stereocenters. The van der Waals surface area contributed by atoms with Crippen LogP contribution in [-0.2, 0) is 14.3 Å². The van der Waals surface area contributed by atoms with Crippen LogP contribution in [0, 0.1) is 11.3 Å². The lowest BCUT2D eigenvalue weighted by Crippen LogP contribution is -2.35. The molecule has 0 aliphatic heterocycles. The summed E-state index contributed by atoms with van der Waals surface area (Å²) in [7, 11) is 4.50. The zero-order valence-electron chi connectivity index (χ0n) is 15.0. The second-order valence-electron chi connectivity index (χ2n) is 5.29. The molecule has 0 saturated heterocycles. The van der Waals surface area contributed by atoms with Gasteiger partial charge in [-0.3, -0.25) is 4.79 Å². The molecule has 1 amide bonds. The van der Waals surface area contributed by atoms with Crippen molar-refractivity contribution >= 4 is 18.0 Å². The molecule has 1 rings (SSSR count). The van der Waals surface area contributed by atoms with Crippen LogP contribution in [0.5, 0.6) is 11.5 Å². The fraction of sp³-hybridized carbons (Fsp3) is 0.389. The van der Waals surface area contributed by atoms with Gasteiger partial charge in [-0.2, -0.15) is 5.26 Å². The van der Waals surface area contributed by atoms with Crippen molar-refractivity contribution < 1.29 is 23.8 Å². The Morgan fingerprint density at radius 2 is 2.00 bits per heavy atom. The van der Waals surface area contributed by atoms with Gasteiger partial charge in [-0.15, -0.1) is 0 Å². The van der Waals surface area contributed by atoms with Crippen molar-refractivity contribution in [2.45, 2.75) is 20.0 Å². The Morgan fingerprint density at radius 1 is 1.32 bits per heavy atom. The third-order valence-corrected chi connectivity index (χ3v) is 3.20. The summed E-state index contributed by atoms with van der Waals surface area (Å²) >= 11 is 0. The van der Waals surface area contributed by atoms with Crippen molar-refractivity contribution in [3.05, 3.63) is 29.3 Å². The average Bonchev–Trinajstić information content (AvgIpc) is 2.60. The van der Waals surface area contributed by atoms with E-state index >= 15 is 0 Å². The van der Waals surface area contributed by atoms with Gasteiger partial charge >= 0.3 is 5.97 Å². The highest BCUT2D eigenvalue weighted by molar-refractivity contribution is 5.97. The van der Waals surface area contributed by atoms with Crippen molar-refractivity contribution in [3.8, 4) is 17.6 Å². The van der Waals surface area contributed by atoms with Crippen LogP contribution < -0.4 is 9.47 Å². The van der Waals surface area contributed by atoms with E-state index in [1.165, 1.54) is 18.1 Å². The van der Waals surface area contributed by atoms with Gasteiger partial charge in [-0.1, -0.05) is 6.07 Å². The number of rotatable bonds is 7. The Labute approximate surface area is 147 Å². The first kappa shape index (κ1) is 20.0. The maximum Gasteiger partial charge on any atom is 0.348 e. The van der Waals surface area contributed by atoms with Gasteiger partial charge in [0.1, 0.15) is 11.6 Å². The van der Waals surface area contributed by atoms with Crippen LogP contribution >= 0.6 is 0 Å². The van der Waals surface area contributed by atoms with E-state index in [9.17, 15) is 9.59 Å². The summed E-state index contributed by atoms with van der Waals surface area (Å²) in [5.41, 5.74) is 0.444. The molecule has 1 aromatic rings. The molecule has 1 unspecified atom stereocenters. The second kappa shape index (κ2) is 9.33. The van der Waals surface area contributed by atoms with E-state index in [2.05, 4.69) is 4.74 Å². The van der Waals surface area contributed by atoms with E-state index in [1.807, 2.05) is 6.92 Å². The molecule has 7 heteroatoms. The SMILES string of the molecule is CCOc1cc(/C=C(\C#N)C(=O)OC)ccc1OC(C)C(=O)N(C)C. The highest BCUT2D eigenvalue weighted by Crippen LogP contribution is 2.30. The Hall–Kier alpha value is -3.01. The number of hydrogen-bond donors (Lipinski definition) is 0. The van der Waals surface area contributed by atoms with Crippen molar-refractivity contribution in [3.63, 3.8) is 0 Å². The van der Waals surface area contributed by atoms with Gasteiger partial charge in [0.25, 0.3) is 5.91 Å². The van der Waals surface area contributed by atoms with E-state index < -0.39 is 12.1 Å². The van der Waals surface area contributed by atoms with Gasteiger partial charge in [0, 0.05) is 14.1 Å². The standard InChI is InChI=1S/C18H22N2O5/c1-6-24-16-10-13(9-14(11-19)18(22)23-5)7-8-15(16)25-12(2)17(21)20(3)4/h7-10,12H,6H2,1-5H3/b14-9+. The molecule has 0 saturated carbocycles. The number of carbonyl (C=O) groups excluding carboxylic acids is 2. The minimum absolute atomic E-state index is 0.130. The molecular weight excluding hydrogens is 324 g/mol. The van der Waals surface area contributed by atoms with Gasteiger partial charge in [0.15, 0.2) is 17.6 Å². The second-order valence-corrected chi connectivity index (χ2v) is 5.29. The number of amides is 1. The molecule has 1 aromatic carbocycles. The third kappa shape index (κ3) is 5.53. The first-order chi connectivity index (χ1) is 11.8. The first-order valence-electron chi connectivity index (χ1n) is 7.68. The Bertz CT molecular complexity index is 704. The molecule has 25 heavy (non-hydrogen) atoms. The predicted octanol–water partition coefficient (Wildman–Crippen LogP) is 2.02. The Balaban J connectivity index is 3.15. The van der Waals surface area contributed by atoms with Crippen molar-refractivity contribution in [1.29, 1.82) is 5.26 Å². The molecule has 0 aromatic heterocycles. The zero-order valence-corrected chi connectivity index (χ0v) is 15.0. The molecule has 0 radical (unpaired) electrons. The predicted molar refractivity (Wildman–Crippen MR) is 92.0 cm³/mol. The number of nitriles is 1. The minimum atomic E-state index is -0.717. The summed E-state index contributed by atoms with van der Waals surface area (Å²) in [4.78, 5) is 24.9. The van der Waals surface area contributed by atoms with Crippen LogP contribution in [0.2, 0.25) is 0 Å². The number of ether oxygens (including phenoxy) is 3. The van der Waals surface area contributed by atoms with Crippen LogP contribution in [-0.4, -0.2) is 50.7 Å². The van der Waals surface area contributed by atoms with Crippen LogP contribution in [0.4, 0.5) is 0 Å². The molecule has 0 spiro atoms. The molecule has 0 aliphatic rings. The molecule has 7 nitrogen and oxygen atoms in total. The van der Waals surface area contributed by atoms with Gasteiger partial charge in [-0.25, -0.2) is 4.79 Å². The van der Waals surface area contributed by atoms with E-state index in [-0.39, 0.29) is 11.5 Å². The molecular formula is C18H22N2O5.